The first-order chi connectivity index (χ1) is 11.3. The molecule has 0 spiro atoms. The lowest BCUT2D eigenvalue weighted by atomic mass is 10.1. The molecule has 2 fully saturated rings. The highest BCUT2D eigenvalue weighted by Crippen LogP contribution is 2.28. The normalized spacial score (nSPS) is 24.9. The van der Waals surface area contributed by atoms with E-state index in [1.807, 2.05) is 6.20 Å². The minimum absolute atomic E-state index is 0.0239. The second-order valence-electron chi connectivity index (χ2n) is 6.35. The molecule has 3 heterocycles. The number of likely N-dealkylation sites (tertiary alicyclic amines) is 2. The molecule has 3 rings (SSSR count). The maximum absolute atomic E-state index is 12.7. The Bertz CT molecular complexity index is 602. The number of carbonyl (C=O) groups excluding carboxylic acids is 2. The minimum atomic E-state index is -4.44. The number of carbonyl (C=O) groups is 2. The summed E-state index contributed by atoms with van der Waals surface area (Å²) in [6.07, 6.45) is 0.573. The van der Waals surface area contributed by atoms with Crippen LogP contribution in [-0.2, 0) is 16.1 Å². The maximum atomic E-state index is 12.7. The van der Waals surface area contributed by atoms with Crippen LogP contribution in [0.25, 0.3) is 0 Å². The van der Waals surface area contributed by atoms with Crippen LogP contribution in [0.4, 0.5) is 13.2 Å². The molecule has 0 bridgehead atoms. The van der Waals surface area contributed by atoms with Crippen molar-refractivity contribution in [3.8, 4) is 0 Å². The molecule has 0 saturated carbocycles. The van der Waals surface area contributed by atoms with Gasteiger partial charge in [-0.05, 0) is 18.9 Å². The molecule has 2 aliphatic heterocycles. The molecule has 6 nitrogen and oxygen atoms in total. The van der Waals surface area contributed by atoms with E-state index < -0.39 is 24.5 Å². The summed E-state index contributed by atoms with van der Waals surface area (Å²) in [5, 5.41) is 4.13. The van der Waals surface area contributed by atoms with E-state index in [4.69, 9.17) is 0 Å². The molecule has 2 aliphatic rings. The van der Waals surface area contributed by atoms with E-state index in [1.165, 1.54) is 0 Å². The van der Waals surface area contributed by atoms with Crippen molar-refractivity contribution in [3.63, 3.8) is 0 Å². The lowest BCUT2D eigenvalue weighted by Crippen LogP contribution is -2.43. The second-order valence-corrected chi connectivity index (χ2v) is 6.35. The van der Waals surface area contributed by atoms with Crippen LogP contribution in [0.3, 0.4) is 0 Å². The van der Waals surface area contributed by atoms with Crippen LogP contribution in [0.2, 0.25) is 0 Å². The summed E-state index contributed by atoms with van der Waals surface area (Å²) < 4.78 is 39.2. The number of halogens is 3. The Morgan fingerprint density at radius 2 is 2.17 bits per heavy atom. The zero-order valence-electron chi connectivity index (χ0n) is 13.1. The Kier molecular flexibility index (Phi) is 4.51. The van der Waals surface area contributed by atoms with Crippen molar-refractivity contribution >= 4 is 11.8 Å². The van der Waals surface area contributed by atoms with Crippen LogP contribution in [0.15, 0.2) is 18.5 Å². The molecule has 0 N–H and O–H groups in total. The minimum Gasteiger partial charge on any atom is -0.338 e. The Balaban J connectivity index is 1.62. The van der Waals surface area contributed by atoms with Gasteiger partial charge in [-0.3, -0.25) is 14.3 Å². The molecule has 2 amide bonds. The van der Waals surface area contributed by atoms with Gasteiger partial charge in [0, 0.05) is 31.9 Å². The van der Waals surface area contributed by atoms with E-state index >= 15 is 0 Å². The van der Waals surface area contributed by atoms with Crippen molar-refractivity contribution in [3.05, 3.63) is 18.5 Å². The van der Waals surface area contributed by atoms with E-state index in [0.717, 1.165) is 17.7 Å². The number of hydrogen-bond donors (Lipinski definition) is 0. The Morgan fingerprint density at radius 1 is 1.38 bits per heavy atom. The fourth-order valence-electron chi connectivity index (χ4n) is 3.48. The van der Waals surface area contributed by atoms with Crippen LogP contribution >= 0.6 is 0 Å². The quantitative estimate of drug-likeness (QED) is 0.827. The molecule has 0 unspecified atom stereocenters. The van der Waals surface area contributed by atoms with Crippen molar-refractivity contribution in [2.24, 2.45) is 5.92 Å². The zero-order valence-corrected chi connectivity index (χ0v) is 13.1. The predicted octanol–water partition coefficient (Wildman–Crippen LogP) is 1.28. The first-order valence-corrected chi connectivity index (χ1v) is 7.96. The number of nitrogens with zero attached hydrogens (tertiary/aromatic N) is 4. The summed E-state index contributed by atoms with van der Waals surface area (Å²) in [4.78, 5) is 26.9. The van der Waals surface area contributed by atoms with Crippen molar-refractivity contribution in [1.29, 1.82) is 0 Å². The molecule has 132 valence electrons. The third kappa shape index (κ3) is 3.70. The number of rotatable bonds is 4. The van der Waals surface area contributed by atoms with Crippen LogP contribution in [0.1, 0.15) is 19.3 Å². The monoisotopic (exact) mass is 344 g/mol. The average molecular weight is 344 g/mol. The zero-order chi connectivity index (χ0) is 17.3. The first kappa shape index (κ1) is 16.8. The van der Waals surface area contributed by atoms with E-state index in [2.05, 4.69) is 5.10 Å². The Morgan fingerprint density at radius 3 is 2.83 bits per heavy atom. The highest BCUT2D eigenvalue weighted by atomic mass is 19.4. The Labute approximate surface area is 137 Å². The second kappa shape index (κ2) is 6.45. The molecule has 0 aliphatic carbocycles. The van der Waals surface area contributed by atoms with E-state index in [1.54, 1.807) is 21.8 Å². The fourth-order valence-corrected chi connectivity index (χ4v) is 3.48. The van der Waals surface area contributed by atoms with Gasteiger partial charge in [-0.15, -0.1) is 0 Å². The summed E-state index contributed by atoms with van der Waals surface area (Å²) in [6.45, 7) is -0.297. The summed E-state index contributed by atoms with van der Waals surface area (Å²) in [5.74, 6) is -1.51. The smallest absolute Gasteiger partial charge is 0.338 e. The summed E-state index contributed by atoms with van der Waals surface area (Å²) in [7, 11) is 0. The fraction of sp³-hybridized carbons (Fsp3) is 0.667. The van der Waals surface area contributed by atoms with E-state index in [-0.39, 0.29) is 24.9 Å². The third-order valence-electron chi connectivity index (χ3n) is 4.55. The number of hydrogen-bond acceptors (Lipinski definition) is 3. The van der Waals surface area contributed by atoms with Crippen molar-refractivity contribution in [1.82, 2.24) is 19.6 Å². The molecule has 9 heteroatoms. The average Bonchev–Trinajstić information content (AvgIpc) is 3.20. The van der Waals surface area contributed by atoms with Crippen LogP contribution in [-0.4, -0.2) is 63.2 Å². The summed E-state index contributed by atoms with van der Waals surface area (Å²) >= 11 is 0. The van der Waals surface area contributed by atoms with Crippen molar-refractivity contribution in [2.75, 3.05) is 19.6 Å². The van der Waals surface area contributed by atoms with Gasteiger partial charge in [0.25, 0.3) is 0 Å². The Hall–Kier alpha value is -2.06. The summed E-state index contributed by atoms with van der Waals surface area (Å²) in [6, 6.07) is 1.77. The molecule has 0 radical (unpaired) electrons. The van der Waals surface area contributed by atoms with Crippen LogP contribution in [0.5, 0.6) is 0 Å². The van der Waals surface area contributed by atoms with Gasteiger partial charge in [-0.2, -0.15) is 18.3 Å². The molecule has 24 heavy (non-hydrogen) atoms. The molecule has 1 aromatic rings. The van der Waals surface area contributed by atoms with Gasteiger partial charge in [-0.25, -0.2) is 0 Å². The standard InChI is InChI=1S/C15H19F3N4O2/c16-15(17,18)10-20-8-11(7-13(20)23)14(24)22-6-1-3-12(22)9-21-5-2-4-19-21/h2,4-5,11-12H,1,3,6-10H2/t11-,12+/m1/s1. The van der Waals surface area contributed by atoms with Crippen molar-refractivity contribution < 1.29 is 22.8 Å². The van der Waals surface area contributed by atoms with Gasteiger partial charge >= 0.3 is 6.18 Å². The number of amides is 2. The van der Waals surface area contributed by atoms with Gasteiger partial charge in [0.05, 0.1) is 18.5 Å². The topological polar surface area (TPSA) is 58.4 Å². The lowest BCUT2D eigenvalue weighted by Gasteiger charge is -2.27. The molecule has 0 aromatic carbocycles. The molecule has 2 saturated heterocycles. The van der Waals surface area contributed by atoms with Crippen LogP contribution < -0.4 is 0 Å². The third-order valence-corrected chi connectivity index (χ3v) is 4.55. The van der Waals surface area contributed by atoms with Gasteiger partial charge in [-0.1, -0.05) is 0 Å². The highest BCUT2D eigenvalue weighted by Gasteiger charge is 2.43. The van der Waals surface area contributed by atoms with E-state index in [9.17, 15) is 22.8 Å². The van der Waals surface area contributed by atoms with Gasteiger partial charge in [0.2, 0.25) is 11.8 Å². The number of alkyl halides is 3. The molecule has 1 aromatic heterocycles. The highest BCUT2D eigenvalue weighted by molar-refractivity contribution is 5.89. The van der Waals surface area contributed by atoms with E-state index in [0.29, 0.717) is 13.1 Å². The molecular weight excluding hydrogens is 325 g/mol. The largest absolute Gasteiger partial charge is 0.406 e. The maximum Gasteiger partial charge on any atom is 0.406 e. The molecule has 2 atom stereocenters. The van der Waals surface area contributed by atoms with Gasteiger partial charge < -0.3 is 9.80 Å². The lowest BCUT2D eigenvalue weighted by molar-refractivity contribution is -0.157. The van der Waals surface area contributed by atoms with Crippen molar-refractivity contribution in [2.45, 2.75) is 38.0 Å². The van der Waals surface area contributed by atoms with Gasteiger partial charge in [0.1, 0.15) is 6.54 Å². The predicted molar refractivity (Wildman–Crippen MR) is 77.7 cm³/mol. The van der Waals surface area contributed by atoms with Crippen LogP contribution in [0, 0.1) is 5.92 Å². The number of aromatic nitrogens is 2. The molecular formula is C15H19F3N4O2. The first-order valence-electron chi connectivity index (χ1n) is 7.96. The summed E-state index contributed by atoms with van der Waals surface area (Å²) in [5.41, 5.74) is 0. The SMILES string of the molecule is O=C1C[C@@H](C(=O)N2CCC[C@H]2Cn2cccn2)CN1CC(F)(F)F. The van der Waals surface area contributed by atoms with Gasteiger partial charge in [0.15, 0.2) is 0 Å².